The highest BCUT2D eigenvalue weighted by Crippen LogP contribution is 2.32. The third kappa shape index (κ3) is 4.29. The topological polar surface area (TPSA) is 96.0 Å². The van der Waals surface area contributed by atoms with Crippen LogP contribution in [0, 0.1) is 5.82 Å². The summed E-state index contributed by atoms with van der Waals surface area (Å²) in [5.41, 5.74) is -0.294. The van der Waals surface area contributed by atoms with Gasteiger partial charge in [0.2, 0.25) is 0 Å². The predicted molar refractivity (Wildman–Crippen MR) is 126 cm³/mol. The van der Waals surface area contributed by atoms with Gasteiger partial charge in [0.1, 0.15) is 17.1 Å². The van der Waals surface area contributed by atoms with E-state index in [0.29, 0.717) is 34.3 Å². The smallest absolute Gasteiger partial charge is 0.344 e. The Morgan fingerprint density at radius 2 is 1.71 bits per heavy atom. The minimum absolute atomic E-state index is 0.110. The number of halogens is 1. The molecule has 0 N–H and O–H groups in total. The number of fused-ring (bicyclic) bond motifs is 2. The van der Waals surface area contributed by atoms with E-state index in [2.05, 4.69) is 0 Å². The van der Waals surface area contributed by atoms with Crippen LogP contribution in [-0.2, 0) is 0 Å². The molecule has 35 heavy (non-hydrogen) atoms. The van der Waals surface area contributed by atoms with E-state index in [9.17, 15) is 18.8 Å². The van der Waals surface area contributed by atoms with Gasteiger partial charge in [-0.15, -0.1) is 0 Å². The van der Waals surface area contributed by atoms with E-state index in [1.54, 1.807) is 30.3 Å². The second kappa shape index (κ2) is 8.90. The van der Waals surface area contributed by atoms with Crippen LogP contribution < -0.4 is 20.7 Å². The number of rotatable bonds is 5. The Balaban J connectivity index is 1.58. The van der Waals surface area contributed by atoms with Crippen molar-refractivity contribution in [2.75, 3.05) is 6.61 Å². The van der Waals surface area contributed by atoms with E-state index in [1.807, 2.05) is 6.92 Å². The number of hydrogen-bond donors (Lipinski definition) is 0. The quantitative estimate of drug-likeness (QED) is 0.194. The standard InChI is InChI=1S/C27H17FO7/c1-2-32-22-5-3-4-16-12-21(27(31)35-25(16)22)20-14-24(29)34-23-13-18(10-11-19(20)23)33-26(30)15-6-8-17(28)9-7-15/h3-14H,2H2,1H3. The molecule has 0 unspecified atom stereocenters. The molecule has 0 atom stereocenters. The highest BCUT2D eigenvalue weighted by atomic mass is 19.1. The van der Waals surface area contributed by atoms with Gasteiger partial charge >= 0.3 is 17.2 Å². The van der Waals surface area contributed by atoms with Crippen LogP contribution in [0.2, 0.25) is 0 Å². The number of benzene rings is 3. The van der Waals surface area contributed by atoms with Crippen LogP contribution >= 0.6 is 0 Å². The second-order valence-electron chi connectivity index (χ2n) is 7.59. The highest BCUT2D eigenvalue weighted by molar-refractivity contribution is 5.97. The Morgan fingerprint density at radius 3 is 2.49 bits per heavy atom. The largest absolute Gasteiger partial charge is 0.490 e. The average Bonchev–Trinajstić information content (AvgIpc) is 2.84. The van der Waals surface area contributed by atoms with Crippen molar-refractivity contribution in [2.24, 2.45) is 0 Å². The van der Waals surface area contributed by atoms with Crippen LogP contribution in [0.15, 0.2) is 91.2 Å². The maximum Gasteiger partial charge on any atom is 0.344 e. The predicted octanol–water partition coefficient (Wildman–Crippen LogP) is 5.32. The molecular weight excluding hydrogens is 455 g/mol. The molecule has 5 aromatic rings. The lowest BCUT2D eigenvalue weighted by Crippen LogP contribution is -2.09. The average molecular weight is 472 g/mol. The molecule has 0 aliphatic carbocycles. The SMILES string of the molecule is CCOc1cccc2cc(-c3cc(=O)oc4cc(OC(=O)c5ccc(F)cc5)ccc34)c(=O)oc12. The van der Waals surface area contributed by atoms with Gasteiger partial charge in [-0.25, -0.2) is 18.8 Å². The van der Waals surface area contributed by atoms with Gasteiger partial charge in [0.15, 0.2) is 11.3 Å². The van der Waals surface area contributed by atoms with Gasteiger partial charge in [0.25, 0.3) is 0 Å². The Kier molecular flexibility index (Phi) is 5.62. The molecule has 174 valence electrons. The third-order valence-corrected chi connectivity index (χ3v) is 5.32. The number of esters is 1. The lowest BCUT2D eigenvalue weighted by atomic mass is 10.0. The van der Waals surface area contributed by atoms with E-state index in [-0.39, 0.29) is 22.5 Å². The molecule has 0 saturated heterocycles. The van der Waals surface area contributed by atoms with Gasteiger partial charge in [0, 0.05) is 28.5 Å². The van der Waals surface area contributed by atoms with Gasteiger partial charge in [-0.3, -0.25) is 0 Å². The maximum absolute atomic E-state index is 13.1. The van der Waals surface area contributed by atoms with Crippen molar-refractivity contribution in [2.45, 2.75) is 6.92 Å². The number of para-hydroxylation sites is 1. The van der Waals surface area contributed by atoms with Gasteiger partial charge in [-0.05, 0) is 55.5 Å². The van der Waals surface area contributed by atoms with Crippen molar-refractivity contribution in [3.63, 3.8) is 0 Å². The molecular formula is C27H17FO7. The van der Waals surface area contributed by atoms with Crippen LogP contribution in [0.25, 0.3) is 33.1 Å². The zero-order valence-corrected chi connectivity index (χ0v) is 18.4. The summed E-state index contributed by atoms with van der Waals surface area (Å²) >= 11 is 0. The summed E-state index contributed by atoms with van der Waals surface area (Å²) in [6.07, 6.45) is 0. The first kappa shape index (κ1) is 22.1. The molecule has 0 aliphatic heterocycles. The minimum atomic E-state index is -0.705. The van der Waals surface area contributed by atoms with Crippen molar-refractivity contribution in [3.8, 4) is 22.6 Å². The first-order valence-electron chi connectivity index (χ1n) is 10.7. The monoisotopic (exact) mass is 472 g/mol. The van der Waals surface area contributed by atoms with E-state index < -0.39 is 23.0 Å². The van der Waals surface area contributed by atoms with Gasteiger partial charge in [-0.2, -0.15) is 0 Å². The van der Waals surface area contributed by atoms with Crippen LogP contribution in [-0.4, -0.2) is 12.6 Å². The van der Waals surface area contributed by atoms with E-state index >= 15 is 0 Å². The van der Waals surface area contributed by atoms with Crippen molar-refractivity contribution >= 4 is 27.9 Å². The highest BCUT2D eigenvalue weighted by Gasteiger charge is 2.17. The van der Waals surface area contributed by atoms with Crippen LogP contribution in [0.4, 0.5) is 4.39 Å². The Morgan fingerprint density at radius 1 is 0.914 bits per heavy atom. The molecule has 2 aromatic heterocycles. The summed E-state index contributed by atoms with van der Waals surface area (Å²) in [4.78, 5) is 37.6. The summed E-state index contributed by atoms with van der Waals surface area (Å²) in [5.74, 6) is -0.630. The number of ether oxygens (including phenoxy) is 2. The molecule has 7 nitrogen and oxygen atoms in total. The molecule has 0 saturated carbocycles. The fraction of sp³-hybridized carbons (Fsp3) is 0.0741. The molecule has 8 heteroatoms. The van der Waals surface area contributed by atoms with Gasteiger partial charge in [-0.1, -0.05) is 12.1 Å². The summed E-state index contributed by atoms with van der Waals surface area (Å²) in [7, 11) is 0. The molecule has 0 fully saturated rings. The normalized spacial score (nSPS) is 11.0. The first-order valence-corrected chi connectivity index (χ1v) is 10.7. The van der Waals surface area contributed by atoms with Gasteiger partial charge in [0.05, 0.1) is 17.7 Å². The first-order chi connectivity index (χ1) is 16.9. The Hall–Kier alpha value is -4.72. The van der Waals surface area contributed by atoms with Crippen molar-refractivity contribution in [1.29, 1.82) is 0 Å². The van der Waals surface area contributed by atoms with Crippen LogP contribution in [0.3, 0.4) is 0 Å². The van der Waals surface area contributed by atoms with Gasteiger partial charge < -0.3 is 18.3 Å². The lowest BCUT2D eigenvalue weighted by molar-refractivity contribution is 0.0735. The maximum atomic E-state index is 13.1. The van der Waals surface area contributed by atoms with E-state index in [4.69, 9.17) is 18.3 Å². The fourth-order valence-electron chi connectivity index (χ4n) is 3.76. The van der Waals surface area contributed by atoms with E-state index in [0.717, 1.165) is 12.1 Å². The minimum Gasteiger partial charge on any atom is -0.490 e. The number of hydrogen-bond acceptors (Lipinski definition) is 7. The van der Waals surface area contributed by atoms with E-state index in [1.165, 1.54) is 30.3 Å². The molecule has 2 heterocycles. The summed E-state index contributed by atoms with van der Waals surface area (Å²) in [6.45, 7) is 2.23. The second-order valence-corrected chi connectivity index (χ2v) is 7.59. The number of carbonyl (C=O) groups is 1. The van der Waals surface area contributed by atoms with Crippen molar-refractivity contribution in [1.82, 2.24) is 0 Å². The zero-order valence-electron chi connectivity index (χ0n) is 18.4. The van der Waals surface area contributed by atoms with Crippen molar-refractivity contribution < 1.29 is 27.5 Å². The van der Waals surface area contributed by atoms with Crippen molar-refractivity contribution in [3.05, 3.63) is 105 Å². The zero-order chi connectivity index (χ0) is 24.5. The fourth-order valence-corrected chi connectivity index (χ4v) is 3.76. The molecule has 5 rings (SSSR count). The molecule has 0 radical (unpaired) electrons. The third-order valence-electron chi connectivity index (χ3n) is 5.32. The number of carbonyl (C=O) groups excluding carboxylic acids is 1. The summed E-state index contributed by atoms with van der Waals surface area (Å²) < 4.78 is 34.8. The Labute approximate surface area is 196 Å². The Bertz CT molecular complexity index is 1700. The summed E-state index contributed by atoms with van der Waals surface area (Å²) in [5, 5.41) is 1.07. The van der Waals surface area contributed by atoms with Crippen LogP contribution in [0.1, 0.15) is 17.3 Å². The molecule has 0 spiro atoms. The molecule has 0 bridgehead atoms. The summed E-state index contributed by atoms with van der Waals surface area (Å²) in [6, 6.07) is 17.4. The lowest BCUT2D eigenvalue weighted by Gasteiger charge is -2.09. The molecule has 0 amide bonds. The van der Waals surface area contributed by atoms with Crippen LogP contribution in [0.5, 0.6) is 11.5 Å². The molecule has 3 aromatic carbocycles. The molecule has 0 aliphatic rings.